The van der Waals surface area contributed by atoms with Crippen LogP contribution in [0.25, 0.3) is 0 Å². The number of pyridine rings is 1. The summed E-state index contributed by atoms with van der Waals surface area (Å²) in [6, 6.07) is 9.82. The van der Waals surface area contributed by atoms with Gasteiger partial charge >= 0.3 is 0 Å². The van der Waals surface area contributed by atoms with Crippen molar-refractivity contribution in [3.63, 3.8) is 0 Å². The summed E-state index contributed by atoms with van der Waals surface area (Å²) in [5.74, 6) is 0.721. The van der Waals surface area contributed by atoms with Crippen LogP contribution in [-0.2, 0) is 6.42 Å². The zero-order valence-electron chi connectivity index (χ0n) is 16.5. The maximum absolute atomic E-state index is 12.8. The normalized spacial score (nSPS) is 15.4. The highest BCUT2D eigenvalue weighted by Gasteiger charge is 2.30. The van der Waals surface area contributed by atoms with Crippen molar-refractivity contribution in [2.24, 2.45) is 0 Å². The molecule has 1 amide bonds. The summed E-state index contributed by atoms with van der Waals surface area (Å²) >= 11 is 0. The van der Waals surface area contributed by atoms with Crippen molar-refractivity contribution in [3.05, 3.63) is 75.6 Å². The molecule has 30 heavy (non-hydrogen) atoms. The Morgan fingerprint density at radius 2 is 1.97 bits per heavy atom. The summed E-state index contributed by atoms with van der Waals surface area (Å²) < 4.78 is 15.8. The predicted molar refractivity (Wildman–Crippen MR) is 109 cm³/mol. The van der Waals surface area contributed by atoms with Crippen LogP contribution in [0.1, 0.15) is 44.5 Å². The van der Waals surface area contributed by atoms with Gasteiger partial charge in [-0.05, 0) is 36.8 Å². The molecule has 3 aromatic rings. The van der Waals surface area contributed by atoms with Crippen molar-refractivity contribution < 1.29 is 23.5 Å². The van der Waals surface area contributed by atoms with Gasteiger partial charge in [0, 0.05) is 29.7 Å². The summed E-state index contributed by atoms with van der Waals surface area (Å²) in [6.07, 6.45) is 2.26. The number of hydrogen-bond acceptors (Lipinski definition) is 6. The van der Waals surface area contributed by atoms with Crippen molar-refractivity contribution in [1.29, 1.82) is 0 Å². The van der Waals surface area contributed by atoms with Crippen molar-refractivity contribution >= 4 is 17.4 Å². The molecule has 1 aliphatic rings. The maximum atomic E-state index is 12.8. The molecule has 2 heterocycles. The highest BCUT2D eigenvalue weighted by atomic mass is 16.5. The lowest BCUT2D eigenvalue weighted by atomic mass is 9.84. The minimum absolute atomic E-state index is 0.140. The lowest BCUT2D eigenvalue weighted by Crippen LogP contribution is -2.29. The van der Waals surface area contributed by atoms with E-state index in [9.17, 15) is 14.4 Å². The number of H-pyrrole nitrogens is 1. The number of aromatic amines is 1. The summed E-state index contributed by atoms with van der Waals surface area (Å²) in [4.78, 5) is 40.7. The molecule has 0 saturated heterocycles. The first kappa shape index (κ1) is 19.5. The molecule has 0 saturated carbocycles. The molecule has 1 atom stereocenters. The van der Waals surface area contributed by atoms with Crippen molar-refractivity contribution in [3.8, 4) is 11.5 Å². The Bertz CT molecular complexity index is 1160. The second-order valence-electron chi connectivity index (χ2n) is 6.97. The average molecular weight is 408 g/mol. The third-order valence-corrected chi connectivity index (χ3v) is 5.15. The first-order valence-corrected chi connectivity index (χ1v) is 9.36. The Morgan fingerprint density at radius 1 is 1.13 bits per heavy atom. The molecule has 0 aliphatic heterocycles. The Morgan fingerprint density at radius 3 is 2.67 bits per heavy atom. The van der Waals surface area contributed by atoms with Gasteiger partial charge in [-0.25, -0.2) is 0 Å². The Hall–Kier alpha value is -3.81. The quantitative estimate of drug-likeness (QED) is 0.671. The molecule has 0 bridgehead atoms. The third-order valence-electron chi connectivity index (χ3n) is 5.15. The number of benzene rings is 1. The minimum atomic E-state index is -0.636. The molecule has 0 spiro atoms. The number of amides is 1. The van der Waals surface area contributed by atoms with E-state index in [1.165, 1.54) is 20.3 Å². The van der Waals surface area contributed by atoms with Gasteiger partial charge < -0.3 is 24.2 Å². The number of Topliss-reactive ketones (excluding diaryl/α,β-unsaturated/α-hetero) is 1. The molecule has 1 aromatic carbocycles. The highest BCUT2D eigenvalue weighted by molar-refractivity contribution is 6.07. The van der Waals surface area contributed by atoms with E-state index in [4.69, 9.17) is 13.9 Å². The van der Waals surface area contributed by atoms with E-state index in [0.29, 0.717) is 40.6 Å². The second-order valence-corrected chi connectivity index (χ2v) is 6.97. The fourth-order valence-electron chi connectivity index (χ4n) is 3.62. The molecular weight excluding hydrogens is 388 g/mol. The zero-order valence-corrected chi connectivity index (χ0v) is 16.5. The number of hydrogen-bond donors (Lipinski definition) is 2. The van der Waals surface area contributed by atoms with E-state index in [1.807, 2.05) is 6.07 Å². The Kier molecular flexibility index (Phi) is 5.14. The van der Waals surface area contributed by atoms with Gasteiger partial charge in [-0.15, -0.1) is 0 Å². The molecular formula is C22H20N2O6. The molecule has 1 unspecified atom stereocenters. The first-order chi connectivity index (χ1) is 14.5. The smallest absolute Gasteiger partial charge is 0.261 e. The Labute approximate surface area is 171 Å². The summed E-state index contributed by atoms with van der Waals surface area (Å²) in [5.41, 5.74) is 0.535. The number of ketones is 1. The van der Waals surface area contributed by atoms with E-state index in [-0.39, 0.29) is 23.7 Å². The number of ether oxygens (including phenoxy) is 2. The zero-order chi connectivity index (χ0) is 21.3. The van der Waals surface area contributed by atoms with Crippen molar-refractivity contribution in [2.75, 3.05) is 19.5 Å². The number of aromatic nitrogens is 1. The summed E-state index contributed by atoms with van der Waals surface area (Å²) in [6.45, 7) is 0. The van der Waals surface area contributed by atoms with Gasteiger partial charge in [0.25, 0.3) is 11.5 Å². The predicted octanol–water partition coefficient (Wildman–Crippen LogP) is 3.15. The van der Waals surface area contributed by atoms with Crippen LogP contribution in [0.4, 0.5) is 5.69 Å². The minimum Gasteiger partial charge on any atom is -0.497 e. The maximum Gasteiger partial charge on any atom is 0.261 e. The lowest BCUT2D eigenvalue weighted by molar-refractivity contribution is 0.0959. The summed E-state index contributed by atoms with van der Waals surface area (Å²) in [5, 5.41) is 2.66. The van der Waals surface area contributed by atoms with Crippen LogP contribution in [0, 0.1) is 0 Å². The number of nitrogens with one attached hydrogen (secondary N) is 2. The second kappa shape index (κ2) is 7.90. The van der Waals surface area contributed by atoms with E-state index < -0.39 is 11.5 Å². The van der Waals surface area contributed by atoms with Gasteiger partial charge in [0.05, 0.1) is 26.2 Å². The molecule has 0 fully saturated rings. The number of fused-ring (bicyclic) bond motifs is 1. The van der Waals surface area contributed by atoms with Crippen LogP contribution in [0.3, 0.4) is 0 Å². The SMILES string of the molecule is COc1ccc(NC(=O)c2cc3c([nH]c2=O)CC(c2ccco2)CC3=O)c(OC)c1. The van der Waals surface area contributed by atoms with Crippen LogP contribution in [0.15, 0.2) is 51.9 Å². The largest absolute Gasteiger partial charge is 0.497 e. The van der Waals surface area contributed by atoms with Crippen LogP contribution in [0.2, 0.25) is 0 Å². The highest BCUT2D eigenvalue weighted by Crippen LogP contribution is 2.32. The summed E-state index contributed by atoms with van der Waals surface area (Å²) in [7, 11) is 2.98. The number of furan rings is 1. The number of carbonyl (C=O) groups is 2. The van der Waals surface area contributed by atoms with Gasteiger partial charge in [0.15, 0.2) is 5.78 Å². The van der Waals surface area contributed by atoms with E-state index in [2.05, 4.69) is 10.3 Å². The van der Waals surface area contributed by atoms with Crippen LogP contribution >= 0.6 is 0 Å². The van der Waals surface area contributed by atoms with Gasteiger partial charge in [0.2, 0.25) is 0 Å². The number of rotatable bonds is 5. The van der Waals surface area contributed by atoms with Crippen molar-refractivity contribution in [1.82, 2.24) is 4.98 Å². The molecule has 1 aliphatic carbocycles. The number of methoxy groups -OCH3 is 2. The van der Waals surface area contributed by atoms with Gasteiger partial charge in [0.1, 0.15) is 22.8 Å². The molecule has 2 aromatic heterocycles. The van der Waals surface area contributed by atoms with Gasteiger partial charge in [-0.1, -0.05) is 0 Å². The van der Waals surface area contributed by atoms with Crippen molar-refractivity contribution in [2.45, 2.75) is 18.8 Å². The van der Waals surface area contributed by atoms with Gasteiger partial charge in [-0.2, -0.15) is 0 Å². The fraction of sp³-hybridized carbons (Fsp3) is 0.227. The monoisotopic (exact) mass is 408 g/mol. The number of anilines is 1. The Balaban J connectivity index is 1.62. The van der Waals surface area contributed by atoms with E-state index in [1.54, 1.807) is 30.5 Å². The molecule has 2 N–H and O–H groups in total. The van der Waals surface area contributed by atoms with Gasteiger partial charge in [-0.3, -0.25) is 14.4 Å². The average Bonchev–Trinajstić information content (AvgIpc) is 3.28. The van der Waals surface area contributed by atoms with Crippen LogP contribution < -0.4 is 20.3 Å². The van der Waals surface area contributed by atoms with E-state index >= 15 is 0 Å². The first-order valence-electron chi connectivity index (χ1n) is 9.36. The topological polar surface area (TPSA) is 111 Å². The van der Waals surface area contributed by atoms with E-state index in [0.717, 1.165) is 0 Å². The molecule has 8 nitrogen and oxygen atoms in total. The lowest BCUT2D eigenvalue weighted by Gasteiger charge is -2.22. The van der Waals surface area contributed by atoms with Crippen LogP contribution in [-0.4, -0.2) is 30.9 Å². The molecule has 8 heteroatoms. The molecule has 4 rings (SSSR count). The third kappa shape index (κ3) is 3.59. The fourth-order valence-corrected chi connectivity index (χ4v) is 3.62. The number of carbonyl (C=O) groups excluding carboxylic acids is 2. The molecule has 0 radical (unpaired) electrons. The molecule has 154 valence electrons. The van der Waals surface area contributed by atoms with Crippen LogP contribution in [0.5, 0.6) is 11.5 Å². The standard InChI is InChI=1S/C22H20N2O6/c1-28-13-5-6-16(20(10-13)29-2)23-21(26)15-11-14-17(24-22(15)27)8-12(9-18(14)25)19-4-3-7-30-19/h3-7,10-12H,8-9H2,1-2H3,(H,23,26)(H,24,27).